The van der Waals surface area contributed by atoms with Crippen LogP contribution in [-0.2, 0) is 0 Å². The second kappa shape index (κ2) is 4.51. The van der Waals surface area contributed by atoms with Crippen molar-refractivity contribution in [3.8, 4) is 22.2 Å². The number of thiazole rings is 1. The second-order valence-corrected chi connectivity index (χ2v) is 5.47. The summed E-state index contributed by atoms with van der Waals surface area (Å²) in [4.78, 5) is 9.03. The van der Waals surface area contributed by atoms with Gasteiger partial charge in [0.1, 0.15) is 4.88 Å². The van der Waals surface area contributed by atoms with Crippen LogP contribution in [0.2, 0.25) is 0 Å². The van der Waals surface area contributed by atoms with Crippen molar-refractivity contribution in [3.05, 3.63) is 34.9 Å². The molecule has 2 aromatic heterocycles. The molecule has 0 spiro atoms. The highest BCUT2D eigenvalue weighted by Gasteiger charge is 2.12. The molecule has 5 nitrogen and oxygen atoms in total. The maximum absolute atomic E-state index is 5.56. The highest BCUT2D eigenvalue weighted by Crippen LogP contribution is 2.28. The number of nitrogen functional groups attached to an aromatic ring is 1. The minimum atomic E-state index is 0.433. The van der Waals surface area contributed by atoms with E-state index < -0.39 is 0 Å². The van der Waals surface area contributed by atoms with Crippen LogP contribution in [0.3, 0.4) is 0 Å². The Morgan fingerprint density at radius 3 is 2.67 bits per heavy atom. The quantitative estimate of drug-likeness (QED) is 0.783. The summed E-state index contributed by atoms with van der Waals surface area (Å²) in [5, 5.41) is 4.42. The topological polar surface area (TPSA) is 77.8 Å². The Morgan fingerprint density at radius 1 is 1.22 bits per heavy atom. The van der Waals surface area contributed by atoms with E-state index in [1.54, 1.807) is 6.20 Å². The van der Waals surface area contributed by atoms with Crippen molar-refractivity contribution in [1.82, 2.24) is 15.1 Å². The van der Waals surface area contributed by atoms with Crippen molar-refractivity contribution >= 4 is 32.4 Å². The first-order valence-corrected chi connectivity index (χ1v) is 6.64. The fourth-order valence-corrected chi connectivity index (χ4v) is 2.30. The van der Waals surface area contributed by atoms with Gasteiger partial charge in [0, 0.05) is 10.0 Å². The van der Waals surface area contributed by atoms with E-state index >= 15 is 0 Å². The zero-order chi connectivity index (χ0) is 12.5. The molecule has 1 aromatic carbocycles. The number of anilines is 1. The van der Waals surface area contributed by atoms with Crippen LogP contribution >= 0.6 is 27.3 Å². The van der Waals surface area contributed by atoms with Crippen LogP contribution in [-0.4, -0.2) is 15.1 Å². The molecule has 0 aliphatic rings. The zero-order valence-corrected chi connectivity index (χ0v) is 11.4. The molecule has 0 bridgehead atoms. The van der Waals surface area contributed by atoms with Crippen molar-refractivity contribution in [2.45, 2.75) is 0 Å². The Balaban J connectivity index is 1.96. The molecule has 0 saturated heterocycles. The monoisotopic (exact) mass is 322 g/mol. The number of hydrogen-bond acceptors (Lipinski definition) is 6. The number of nitrogens with zero attached hydrogens (tertiary/aromatic N) is 3. The summed E-state index contributed by atoms with van der Waals surface area (Å²) >= 11 is 4.69. The van der Waals surface area contributed by atoms with Gasteiger partial charge in [0.05, 0.1) is 6.20 Å². The van der Waals surface area contributed by atoms with Crippen LogP contribution in [0, 0.1) is 0 Å². The third kappa shape index (κ3) is 2.14. The van der Waals surface area contributed by atoms with Crippen LogP contribution in [0.15, 0.2) is 39.5 Å². The van der Waals surface area contributed by atoms with Gasteiger partial charge in [0.15, 0.2) is 5.13 Å². The van der Waals surface area contributed by atoms with Gasteiger partial charge < -0.3 is 10.3 Å². The molecule has 7 heteroatoms. The van der Waals surface area contributed by atoms with Crippen LogP contribution < -0.4 is 5.73 Å². The summed E-state index contributed by atoms with van der Waals surface area (Å²) in [6, 6.07) is 7.69. The van der Waals surface area contributed by atoms with E-state index in [4.69, 9.17) is 10.3 Å². The van der Waals surface area contributed by atoms with E-state index in [0.717, 1.165) is 14.9 Å². The minimum absolute atomic E-state index is 0.433. The van der Waals surface area contributed by atoms with Crippen LogP contribution in [0.1, 0.15) is 0 Å². The normalized spacial score (nSPS) is 10.7. The SMILES string of the molecule is Nc1ncc(-c2nc(-c3ccc(Br)cc3)no2)s1. The van der Waals surface area contributed by atoms with E-state index in [1.807, 2.05) is 24.3 Å². The molecule has 0 fully saturated rings. The largest absolute Gasteiger partial charge is 0.375 e. The molecule has 3 aromatic rings. The van der Waals surface area contributed by atoms with Crippen LogP contribution in [0.25, 0.3) is 22.2 Å². The number of aromatic nitrogens is 3. The second-order valence-electron chi connectivity index (χ2n) is 3.49. The van der Waals surface area contributed by atoms with Gasteiger partial charge in [-0.25, -0.2) is 4.98 Å². The molecule has 2 N–H and O–H groups in total. The van der Waals surface area contributed by atoms with Crippen molar-refractivity contribution in [1.29, 1.82) is 0 Å². The molecule has 90 valence electrons. The first kappa shape index (κ1) is 11.4. The average Bonchev–Trinajstić information content (AvgIpc) is 2.98. The molecule has 18 heavy (non-hydrogen) atoms. The third-order valence-electron chi connectivity index (χ3n) is 2.26. The number of halogens is 1. The molecule has 0 unspecified atom stereocenters. The van der Waals surface area contributed by atoms with Gasteiger partial charge in [0.2, 0.25) is 5.82 Å². The fourth-order valence-electron chi connectivity index (χ4n) is 1.43. The fraction of sp³-hybridized carbons (Fsp3) is 0. The molecule has 0 aliphatic carbocycles. The van der Waals surface area contributed by atoms with Gasteiger partial charge in [-0.2, -0.15) is 4.98 Å². The highest BCUT2D eigenvalue weighted by molar-refractivity contribution is 9.10. The lowest BCUT2D eigenvalue weighted by Gasteiger charge is -1.93. The lowest BCUT2D eigenvalue weighted by molar-refractivity contribution is 0.433. The molecular weight excluding hydrogens is 316 g/mol. The summed E-state index contributed by atoms with van der Waals surface area (Å²) < 4.78 is 6.20. The first-order chi connectivity index (χ1) is 8.72. The molecule has 0 radical (unpaired) electrons. The number of rotatable bonds is 2. The summed E-state index contributed by atoms with van der Waals surface area (Å²) in [5.74, 6) is 0.978. The zero-order valence-electron chi connectivity index (χ0n) is 9.00. The molecular formula is C11H7BrN4OS. The molecule has 0 amide bonds. The summed E-state index contributed by atoms with van der Waals surface area (Å²) in [6.07, 6.45) is 1.62. The van der Waals surface area contributed by atoms with Gasteiger partial charge in [-0.15, -0.1) is 0 Å². The predicted molar refractivity (Wildman–Crippen MR) is 73.0 cm³/mol. The number of hydrogen-bond donors (Lipinski definition) is 1. The first-order valence-electron chi connectivity index (χ1n) is 5.04. The van der Waals surface area contributed by atoms with E-state index in [2.05, 4.69) is 31.1 Å². The molecule has 3 rings (SSSR count). The Labute approximate surface area is 115 Å². The molecule has 0 saturated carbocycles. The predicted octanol–water partition coefficient (Wildman–Crippen LogP) is 3.20. The maximum Gasteiger partial charge on any atom is 0.270 e. The van der Waals surface area contributed by atoms with E-state index in [9.17, 15) is 0 Å². The summed E-state index contributed by atoms with van der Waals surface area (Å²) in [6.45, 7) is 0. The highest BCUT2D eigenvalue weighted by atomic mass is 79.9. The van der Waals surface area contributed by atoms with Gasteiger partial charge in [0.25, 0.3) is 5.89 Å². The van der Waals surface area contributed by atoms with Gasteiger partial charge in [-0.05, 0) is 24.3 Å². The van der Waals surface area contributed by atoms with Crippen molar-refractivity contribution < 1.29 is 4.52 Å². The van der Waals surface area contributed by atoms with E-state index in [1.165, 1.54) is 11.3 Å². The Bertz CT molecular complexity index is 676. The third-order valence-corrected chi connectivity index (χ3v) is 3.61. The van der Waals surface area contributed by atoms with Crippen molar-refractivity contribution in [2.75, 3.05) is 5.73 Å². The average molecular weight is 323 g/mol. The Morgan fingerprint density at radius 2 is 2.00 bits per heavy atom. The van der Waals surface area contributed by atoms with Gasteiger partial charge >= 0.3 is 0 Å². The van der Waals surface area contributed by atoms with Crippen molar-refractivity contribution in [3.63, 3.8) is 0 Å². The van der Waals surface area contributed by atoms with Gasteiger partial charge in [-0.1, -0.05) is 32.4 Å². The number of benzene rings is 1. The summed E-state index contributed by atoms with van der Waals surface area (Å²) in [5.41, 5.74) is 6.46. The lowest BCUT2D eigenvalue weighted by Crippen LogP contribution is -1.79. The van der Waals surface area contributed by atoms with Gasteiger partial charge in [-0.3, -0.25) is 0 Å². The lowest BCUT2D eigenvalue weighted by atomic mass is 10.2. The maximum atomic E-state index is 5.56. The number of nitrogens with two attached hydrogens (primary N) is 1. The Kier molecular flexibility index (Phi) is 2.85. The van der Waals surface area contributed by atoms with Crippen molar-refractivity contribution in [2.24, 2.45) is 0 Å². The molecule has 2 heterocycles. The smallest absolute Gasteiger partial charge is 0.270 e. The summed E-state index contributed by atoms with van der Waals surface area (Å²) in [7, 11) is 0. The van der Waals surface area contributed by atoms with E-state index in [-0.39, 0.29) is 0 Å². The minimum Gasteiger partial charge on any atom is -0.375 e. The molecule has 0 atom stereocenters. The van der Waals surface area contributed by atoms with Crippen LogP contribution in [0.5, 0.6) is 0 Å². The van der Waals surface area contributed by atoms with Crippen LogP contribution in [0.4, 0.5) is 5.13 Å². The standard InChI is InChI=1S/C11H7BrN4OS/c12-7-3-1-6(2-4-7)9-15-10(17-16-9)8-5-14-11(13)18-8/h1-5H,(H2,13,14). The molecule has 0 aliphatic heterocycles. The van der Waals surface area contributed by atoms with E-state index in [0.29, 0.717) is 16.8 Å². The Hall–Kier alpha value is -1.73.